The molecule has 1 atom stereocenters. The number of nitrogens with zero attached hydrogens (tertiary/aromatic N) is 3. The summed E-state index contributed by atoms with van der Waals surface area (Å²) in [6, 6.07) is 12.9. The Balaban J connectivity index is 1.24. The minimum atomic E-state index is -1.22. The number of hydrogen-bond donors (Lipinski definition) is 2. The van der Waals surface area contributed by atoms with E-state index in [9.17, 15) is 18.4 Å². The van der Waals surface area contributed by atoms with Gasteiger partial charge in [-0.05, 0) is 55.2 Å². The van der Waals surface area contributed by atoms with Crippen LogP contribution in [0.15, 0.2) is 73.2 Å². The molecule has 2 aromatic carbocycles. The van der Waals surface area contributed by atoms with Gasteiger partial charge in [-0.15, -0.1) is 0 Å². The maximum Gasteiger partial charge on any atom is 0.240 e. The summed E-state index contributed by atoms with van der Waals surface area (Å²) in [6.45, 7) is 1.89. The van der Waals surface area contributed by atoms with E-state index in [1.165, 1.54) is 24.3 Å². The number of anilines is 1. The van der Waals surface area contributed by atoms with Crippen LogP contribution in [-0.2, 0) is 16.6 Å². The number of carbonyl (C=O) groups excluding carboxylic acids is 2. The maximum absolute atomic E-state index is 14.9. The molecule has 2 N–H and O–H groups in total. The smallest absolute Gasteiger partial charge is 0.240 e. The van der Waals surface area contributed by atoms with Gasteiger partial charge < -0.3 is 15.4 Å². The average molecular weight is 532 g/mol. The largest absolute Gasteiger partial charge is 0.454 e. The van der Waals surface area contributed by atoms with Gasteiger partial charge in [0, 0.05) is 42.8 Å². The van der Waals surface area contributed by atoms with Crippen LogP contribution in [0.2, 0.25) is 0 Å². The Labute approximate surface area is 224 Å². The van der Waals surface area contributed by atoms with Gasteiger partial charge in [-0.1, -0.05) is 19.1 Å². The van der Waals surface area contributed by atoms with Gasteiger partial charge in [-0.3, -0.25) is 19.3 Å². The number of amides is 2. The molecule has 2 amide bonds. The van der Waals surface area contributed by atoms with E-state index >= 15 is 0 Å². The Hall–Kier alpha value is -4.60. The van der Waals surface area contributed by atoms with Crippen molar-refractivity contribution in [2.45, 2.75) is 32.2 Å². The van der Waals surface area contributed by atoms with E-state index < -0.39 is 23.0 Å². The lowest BCUT2D eigenvalue weighted by Gasteiger charge is -2.22. The number of pyridine rings is 1. The van der Waals surface area contributed by atoms with Crippen LogP contribution in [0.1, 0.15) is 37.8 Å². The van der Waals surface area contributed by atoms with Gasteiger partial charge in [0.25, 0.3) is 0 Å². The van der Waals surface area contributed by atoms with E-state index in [0.29, 0.717) is 30.7 Å². The highest BCUT2D eigenvalue weighted by atomic mass is 19.1. The summed E-state index contributed by atoms with van der Waals surface area (Å²) in [5.74, 6) is -1.59. The van der Waals surface area contributed by atoms with Crippen molar-refractivity contribution in [3.8, 4) is 22.8 Å². The number of ether oxygens (including phenoxy) is 1. The average Bonchev–Trinajstić information content (AvgIpc) is 3.64. The Morgan fingerprint density at radius 1 is 1.08 bits per heavy atom. The minimum absolute atomic E-state index is 0.0275. The molecule has 2 aromatic heterocycles. The van der Waals surface area contributed by atoms with Crippen LogP contribution in [-0.4, -0.2) is 26.6 Å². The number of halogens is 2. The van der Waals surface area contributed by atoms with Crippen molar-refractivity contribution < 1.29 is 23.1 Å². The van der Waals surface area contributed by atoms with E-state index in [1.54, 1.807) is 48.4 Å². The molecule has 0 radical (unpaired) electrons. The molecule has 0 bridgehead atoms. The third kappa shape index (κ3) is 5.64. The van der Waals surface area contributed by atoms with Crippen LogP contribution in [0.4, 0.5) is 14.5 Å². The number of benzene rings is 2. The molecular weight excluding hydrogens is 504 g/mol. The fraction of sp³-hybridized carbons (Fsp3) is 0.241. The zero-order valence-electron chi connectivity index (χ0n) is 21.4. The molecule has 5 rings (SSSR count). The molecule has 2 heterocycles. The monoisotopic (exact) mass is 531 g/mol. The second-order valence-corrected chi connectivity index (χ2v) is 9.55. The lowest BCUT2D eigenvalue weighted by molar-refractivity contribution is -0.134. The normalized spacial score (nSPS) is 14.4. The van der Waals surface area contributed by atoms with Gasteiger partial charge in [0.05, 0.1) is 17.9 Å². The predicted octanol–water partition coefficient (Wildman–Crippen LogP) is 5.54. The third-order valence-corrected chi connectivity index (χ3v) is 6.75. The van der Waals surface area contributed by atoms with Crippen molar-refractivity contribution >= 4 is 17.5 Å². The Kier molecular flexibility index (Phi) is 7.10. The fourth-order valence-electron chi connectivity index (χ4n) is 4.32. The first kappa shape index (κ1) is 26.0. The molecule has 1 fully saturated rings. The summed E-state index contributed by atoms with van der Waals surface area (Å²) < 4.78 is 35.6. The van der Waals surface area contributed by atoms with Crippen LogP contribution >= 0.6 is 0 Å². The highest BCUT2D eigenvalue weighted by Gasteiger charge is 2.56. The van der Waals surface area contributed by atoms with Gasteiger partial charge in [0.2, 0.25) is 11.8 Å². The van der Waals surface area contributed by atoms with Crippen LogP contribution in [0.25, 0.3) is 11.3 Å². The summed E-state index contributed by atoms with van der Waals surface area (Å²) >= 11 is 0. The standard InChI is InChI=1S/C29H27F2N5O3/c1-3-24(18-4-6-20(30)7-5-18)35-28(38)29(11-12-29)27(37)34-21-8-9-26(23(31)14-21)39-22-10-13-32-25(15-22)19-16-33-36(2)17-19/h4-10,13-17,24H,3,11-12H2,1-2H3,(H,34,37)(H,35,38)/t24-/m0/s1. The zero-order valence-corrected chi connectivity index (χ0v) is 21.4. The predicted molar refractivity (Wildman–Crippen MR) is 141 cm³/mol. The number of rotatable bonds is 9. The summed E-state index contributed by atoms with van der Waals surface area (Å²) in [5, 5.41) is 9.70. The zero-order chi connectivity index (χ0) is 27.6. The highest BCUT2D eigenvalue weighted by Crippen LogP contribution is 2.47. The van der Waals surface area contributed by atoms with Gasteiger partial charge in [0.15, 0.2) is 11.6 Å². The lowest BCUT2D eigenvalue weighted by atomic mass is 10.0. The Bertz CT molecular complexity index is 1520. The lowest BCUT2D eigenvalue weighted by Crippen LogP contribution is -2.41. The molecule has 4 aromatic rings. The molecule has 200 valence electrons. The quantitative estimate of drug-likeness (QED) is 0.277. The van der Waals surface area contributed by atoms with Crippen LogP contribution < -0.4 is 15.4 Å². The SMILES string of the molecule is CC[C@H](NC(=O)C1(C(=O)Nc2ccc(Oc3ccnc(-c4cnn(C)c4)c3)c(F)c2)CC1)c1ccc(F)cc1. The second kappa shape index (κ2) is 10.6. The molecule has 0 saturated heterocycles. The molecule has 1 saturated carbocycles. The fourth-order valence-corrected chi connectivity index (χ4v) is 4.32. The molecule has 1 aliphatic carbocycles. The molecule has 0 unspecified atom stereocenters. The van der Waals surface area contributed by atoms with Crippen LogP contribution in [0.5, 0.6) is 11.5 Å². The van der Waals surface area contributed by atoms with Gasteiger partial charge in [-0.25, -0.2) is 8.78 Å². The molecule has 10 heteroatoms. The van der Waals surface area contributed by atoms with Crippen LogP contribution in [0, 0.1) is 17.0 Å². The first-order valence-electron chi connectivity index (χ1n) is 12.6. The molecule has 1 aliphatic rings. The van der Waals surface area contributed by atoms with Crippen molar-refractivity contribution in [1.82, 2.24) is 20.1 Å². The van der Waals surface area contributed by atoms with E-state index in [4.69, 9.17) is 4.74 Å². The summed E-state index contributed by atoms with van der Waals surface area (Å²) in [6.07, 6.45) is 6.38. The number of carbonyl (C=O) groups is 2. The number of aryl methyl sites for hydroxylation is 1. The van der Waals surface area contributed by atoms with Gasteiger partial charge in [0.1, 0.15) is 17.0 Å². The second-order valence-electron chi connectivity index (χ2n) is 9.55. The highest BCUT2D eigenvalue weighted by molar-refractivity contribution is 6.13. The van der Waals surface area contributed by atoms with E-state index in [0.717, 1.165) is 17.2 Å². The van der Waals surface area contributed by atoms with E-state index in [-0.39, 0.29) is 23.3 Å². The summed E-state index contributed by atoms with van der Waals surface area (Å²) in [5.41, 5.74) is 1.16. The number of hydrogen-bond acceptors (Lipinski definition) is 5. The van der Waals surface area contributed by atoms with Gasteiger partial charge >= 0.3 is 0 Å². The molecule has 0 aliphatic heterocycles. The number of aromatic nitrogens is 3. The van der Waals surface area contributed by atoms with E-state index in [2.05, 4.69) is 20.7 Å². The Morgan fingerprint density at radius 3 is 2.49 bits per heavy atom. The van der Waals surface area contributed by atoms with Crippen molar-refractivity contribution in [2.24, 2.45) is 12.5 Å². The topological polar surface area (TPSA) is 98.1 Å². The van der Waals surface area contributed by atoms with Gasteiger partial charge in [-0.2, -0.15) is 5.10 Å². The van der Waals surface area contributed by atoms with Crippen molar-refractivity contribution in [2.75, 3.05) is 5.32 Å². The van der Waals surface area contributed by atoms with Crippen molar-refractivity contribution in [1.29, 1.82) is 0 Å². The number of nitrogens with one attached hydrogen (secondary N) is 2. The van der Waals surface area contributed by atoms with Crippen molar-refractivity contribution in [3.63, 3.8) is 0 Å². The Morgan fingerprint density at radius 2 is 1.85 bits per heavy atom. The molecular formula is C29H27F2N5O3. The summed E-state index contributed by atoms with van der Waals surface area (Å²) in [7, 11) is 1.80. The molecule has 8 nitrogen and oxygen atoms in total. The molecule has 39 heavy (non-hydrogen) atoms. The summed E-state index contributed by atoms with van der Waals surface area (Å²) in [4.78, 5) is 30.4. The minimum Gasteiger partial charge on any atom is -0.454 e. The maximum atomic E-state index is 14.9. The third-order valence-electron chi connectivity index (χ3n) is 6.75. The van der Waals surface area contributed by atoms with Crippen LogP contribution in [0.3, 0.4) is 0 Å². The van der Waals surface area contributed by atoms with Crippen molar-refractivity contribution in [3.05, 3.63) is 90.4 Å². The first-order chi connectivity index (χ1) is 18.8. The van der Waals surface area contributed by atoms with E-state index in [1.807, 2.05) is 13.1 Å². The first-order valence-corrected chi connectivity index (χ1v) is 12.6. The molecule has 0 spiro atoms.